The van der Waals surface area contributed by atoms with E-state index in [1.807, 2.05) is 48.5 Å². The van der Waals surface area contributed by atoms with Gasteiger partial charge in [0.2, 0.25) is 5.69 Å². The van der Waals surface area contributed by atoms with Crippen molar-refractivity contribution >= 4 is 22.9 Å². The number of allylic oxidation sites excluding steroid dienone is 2. The number of hydrogen-bond donors (Lipinski definition) is 2. The lowest BCUT2D eigenvalue weighted by molar-refractivity contribution is -0.438. The van der Waals surface area contributed by atoms with Crippen molar-refractivity contribution in [2.75, 3.05) is 39.3 Å². The van der Waals surface area contributed by atoms with Crippen LogP contribution in [0.4, 0.5) is 11.4 Å². The number of nitrogens with zero attached hydrogens (tertiary/aromatic N) is 1. The first kappa shape index (κ1) is 45.8. The molecule has 0 amide bonds. The molecule has 2 N–H and O–H groups in total. The van der Waals surface area contributed by atoms with Crippen molar-refractivity contribution < 1.29 is 33.8 Å². The van der Waals surface area contributed by atoms with Crippen molar-refractivity contribution in [1.82, 2.24) is 0 Å². The largest absolute Gasteiger partial charge is 0.848 e. The van der Waals surface area contributed by atoms with Crippen LogP contribution >= 0.6 is 0 Å². The van der Waals surface area contributed by atoms with Gasteiger partial charge in [0, 0.05) is 60.1 Å². The van der Waals surface area contributed by atoms with E-state index in [2.05, 4.69) is 123 Å². The van der Waals surface area contributed by atoms with Crippen molar-refractivity contribution in [3.63, 3.8) is 0 Å². The highest BCUT2D eigenvalue weighted by Crippen LogP contribution is 2.50. The summed E-state index contributed by atoms with van der Waals surface area (Å²) < 4.78 is 20.6. The summed E-state index contributed by atoms with van der Waals surface area (Å²) in [6.07, 6.45) is 6.35. The third-order valence-corrected chi connectivity index (χ3v) is 14.1. The summed E-state index contributed by atoms with van der Waals surface area (Å²) in [6.45, 7) is 10.1. The first-order valence-electron chi connectivity index (χ1n) is 23.3. The Hall–Kier alpha value is -5.80. The molecule has 0 saturated heterocycles. The molecule has 0 spiro atoms. The van der Waals surface area contributed by atoms with Crippen LogP contribution in [0.3, 0.4) is 0 Å². The number of methoxy groups -OCH3 is 2. The topological polar surface area (TPSA) is 103 Å². The number of rotatable bonds is 19. The molecule has 1 fully saturated rings. The zero-order chi connectivity index (χ0) is 45.8. The fourth-order valence-electron chi connectivity index (χ4n) is 10.5. The summed E-state index contributed by atoms with van der Waals surface area (Å²) in [5.41, 5.74) is 9.11. The summed E-state index contributed by atoms with van der Waals surface area (Å²) in [7, 11) is 3.35. The van der Waals surface area contributed by atoms with E-state index in [-0.39, 0.29) is 17.8 Å². The summed E-state index contributed by atoms with van der Waals surface area (Å²) in [4.78, 5) is 14.5. The number of unbranched alkanes of at least 4 members (excludes halogenated alkanes) is 4. The molecule has 8 heteroatoms. The van der Waals surface area contributed by atoms with Gasteiger partial charge >= 0.3 is 0 Å². The maximum Gasteiger partial charge on any atom is 0.209 e. The molecule has 5 aromatic carbocycles. The molecule has 8 nitrogen and oxygen atoms in total. The van der Waals surface area contributed by atoms with Crippen LogP contribution in [0.15, 0.2) is 150 Å². The molecule has 5 aromatic rings. The fraction of sp³-hybridized carbons (Fsp3) is 0.368. The second-order valence-corrected chi connectivity index (χ2v) is 18.7. The van der Waals surface area contributed by atoms with Crippen molar-refractivity contribution in [1.29, 1.82) is 0 Å². The molecule has 0 bridgehead atoms. The van der Waals surface area contributed by atoms with Crippen LogP contribution in [-0.4, -0.2) is 61.3 Å². The molecule has 2 unspecified atom stereocenters. The van der Waals surface area contributed by atoms with E-state index in [0.717, 1.165) is 95.2 Å². The normalized spacial score (nSPS) is 19.7. The quantitative estimate of drug-likeness (QED) is 0.0369. The fourth-order valence-corrected chi connectivity index (χ4v) is 10.5. The van der Waals surface area contributed by atoms with Gasteiger partial charge < -0.3 is 29.7 Å². The number of Topliss-reactive ketones (excluding diaryl/α,β-unsaturated/α-hetero) is 1. The molecule has 2 heterocycles. The number of anilines is 1. The number of nitrogens with one attached hydrogen (secondary N) is 1. The van der Waals surface area contributed by atoms with Gasteiger partial charge in [-0.1, -0.05) is 117 Å². The molecule has 8 rings (SSSR count). The minimum atomic E-state index is -1.17. The Balaban J connectivity index is 1.04. The molecule has 2 atom stereocenters. The minimum absolute atomic E-state index is 0.0739. The number of aliphatic hydroxyl groups excluding tert-OH is 1. The van der Waals surface area contributed by atoms with E-state index in [0.29, 0.717) is 25.0 Å². The SMILES string of the molecule is COc1ccc(C(OCCCCC[N+]2=C(C=C3C(=O)C(C(CCCCCO)=C4Nc5ccccc5C4(C)C)C3[O-])C(C)(C)c3ccccc32)(c2ccccc2)c2ccc(OC)cc2)cc1. The van der Waals surface area contributed by atoms with Crippen molar-refractivity contribution in [2.45, 2.75) is 95.2 Å². The van der Waals surface area contributed by atoms with Crippen molar-refractivity contribution in [3.05, 3.63) is 178 Å². The highest BCUT2D eigenvalue weighted by Gasteiger charge is 2.49. The van der Waals surface area contributed by atoms with E-state index in [9.17, 15) is 15.0 Å². The van der Waals surface area contributed by atoms with Crippen LogP contribution in [0.2, 0.25) is 0 Å². The predicted molar refractivity (Wildman–Crippen MR) is 257 cm³/mol. The monoisotopic (exact) mass is 872 g/mol. The number of ether oxygens (including phenoxy) is 3. The first-order chi connectivity index (χ1) is 31.5. The van der Waals surface area contributed by atoms with Gasteiger partial charge in [-0.25, -0.2) is 0 Å². The standard InChI is InChI=1S/C57H64N2O6/c1-55(2)47-24-14-16-26-49(47)59(50(55)38-45-52(61)51(53(45)62)44(22-12-8-18-36-60)54-56(3,4)46-23-13-15-25-48(46)58-54)35-17-9-19-37-65-57(39-20-10-7-11-21-39,40-27-31-42(63-5)32-28-40)41-29-33-43(64-6)34-30-41/h7,10-11,13-16,20-21,23-34,38,51-52,58,60H,8-9,12,17-19,22,35-37H2,1-6H3. The van der Waals surface area contributed by atoms with Crippen LogP contribution in [0, 0.1) is 5.92 Å². The van der Waals surface area contributed by atoms with Crippen LogP contribution in [-0.2, 0) is 26.0 Å². The number of carbonyl (C=O) groups excluding carboxylic acids is 1. The smallest absolute Gasteiger partial charge is 0.209 e. The molecule has 1 aliphatic carbocycles. The molecular weight excluding hydrogens is 809 g/mol. The summed E-state index contributed by atoms with van der Waals surface area (Å²) >= 11 is 0. The average molecular weight is 873 g/mol. The highest BCUT2D eigenvalue weighted by atomic mass is 16.5. The number of ketones is 1. The van der Waals surface area contributed by atoms with Gasteiger partial charge in [-0.15, -0.1) is 0 Å². The molecule has 338 valence electrons. The van der Waals surface area contributed by atoms with E-state index in [4.69, 9.17) is 14.2 Å². The zero-order valence-electron chi connectivity index (χ0n) is 38.9. The first-order valence-corrected chi connectivity index (χ1v) is 23.3. The van der Waals surface area contributed by atoms with E-state index < -0.39 is 23.0 Å². The van der Waals surface area contributed by atoms with Gasteiger partial charge in [-0.2, -0.15) is 4.58 Å². The maximum atomic E-state index is 14.5. The van der Waals surface area contributed by atoms with Crippen molar-refractivity contribution in [2.24, 2.45) is 5.92 Å². The third-order valence-electron chi connectivity index (χ3n) is 14.1. The van der Waals surface area contributed by atoms with Gasteiger partial charge in [0.15, 0.2) is 11.5 Å². The molecule has 2 aliphatic heterocycles. The lowest BCUT2D eigenvalue weighted by Gasteiger charge is -2.46. The van der Waals surface area contributed by atoms with Crippen LogP contribution in [0.1, 0.15) is 100 Å². The molecular formula is C57H64N2O6. The van der Waals surface area contributed by atoms with Gasteiger partial charge in [0.25, 0.3) is 0 Å². The van der Waals surface area contributed by atoms with Gasteiger partial charge in [-0.05, 0) is 110 Å². The molecule has 3 aliphatic rings. The Labute approximate surface area is 385 Å². The Morgan fingerprint density at radius 3 is 1.91 bits per heavy atom. The van der Waals surface area contributed by atoms with E-state index >= 15 is 0 Å². The van der Waals surface area contributed by atoms with E-state index in [1.54, 1.807) is 14.2 Å². The maximum absolute atomic E-state index is 14.5. The molecule has 0 radical (unpaired) electrons. The number of para-hydroxylation sites is 2. The van der Waals surface area contributed by atoms with Crippen LogP contribution < -0.4 is 19.9 Å². The predicted octanol–water partition coefficient (Wildman–Crippen LogP) is 10.3. The average Bonchev–Trinajstić information content (AvgIpc) is 3.73. The number of aliphatic hydroxyl groups is 1. The number of fused-ring (bicyclic) bond motifs is 2. The summed E-state index contributed by atoms with van der Waals surface area (Å²) in [6, 6.07) is 43.3. The molecule has 0 aromatic heterocycles. The second kappa shape index (κ2) is 19.4. The summed E-state index contributed by atoms with van der Waals surface area (Å²) in [5, 5.41) is 27.7. The minimum Gasteiger partial charge on any atom is -0.848 e. The zero-order valence-corrected chi connectivity index (χ0v) is 38.9. The number of hydrogen-bond acceptors (Lipinski definition) is 7. The highest BCUT2D eigenvalue weighted by molar-refractivity contribution is 6.14. The number of carbonyl (C=O) groups is 1. The third kappa shape index (κ3) is 8.60. The Morgan fingerprint density at radius 1 is 0.708 bits per heavy atom. The Bertz CT molecular complexity index is 2520. The van der Waals surface area contributed by atoms with Gasteiger partial charge in [0.1, 0.15) is 23.6 Å². The number of benzene rings is 5. The molecule has 65 heavy (non-hydrogen) atoms. The second-order valence-electron chi connectivity index (χ2n) is 18.7. The lowest BCUT2D eigenvalue weighted by atomic mass is 9.66. The molecule has 1 saturated carbocycles. The lowest BCUT2D eigenvalue weighted by Crippen LogP contribution is -2.55. The van der Waals surface area contributed by atoms with Crippen LogP contribution in [0.5, 0.6) is 11.5 Å². The Kier molecular flexibility index (Phi) is 13.6. The van der Waals surface area contributed by atoms with Crippen molar-refractivity contribution in [3.8, 4) is 11.5 Å². The van der Waals surface area contributed by atoms with Crippen LogP contribution in [0.25, 0.3) is 0 Å². The summed E-state index contributed by atoms with van der Waals surface area (Å²) in [5.74, 6) is 0.752. The Morgan fingerprint density at radius 2 is 1.29 bits per heavy atom. The van der Waals surface area contributed by atoms with Gasteiger partial charge in [-0.3, -0.25) is 4.79 Å². The van der Waals surface area contributed by atoms with E-state index in [1.165, 1.54) is 11.1 Å². The van der Waals surface area contributed by atoms with Gasteiger partial charge in [0.05, 0.1) is 19.6 Å².